The van der Waals surface area contributed by atoms with Crippen LogP contribution >= 0.6 is 12.9 Å². The summed E-state index contributed by atoms with van der Waals surface area (Å²) in [5.41, 5.74) is 0. The molecule has 0 fully saturated rings. The van der Waals surface area contributed by atoms with Gasteiger partial charge in [-0.25, -0.2) is 0 Å². The van der Waals surface area contributed by atoms with Crippen molar-refractivity contribution >= 4 is 31.1 Å². The second kappa shape index (κ2) is 16.2. The molecular formula is C14H29BrMgO2. The molecule has 1 atom stereocenters. The molecule has 0 aliphatic rings. The Balaban J connectivity index is 2.94. The Labute approximate surface area is 129 Å². The number of halogens is 1. The van der Waals surface area contributed by atoms with E-state index in [4.69, 9.17) is 9.47 Å². The molecule has 4 heteroatoms. The molecule has 0 aliphatic carbocycles. The van der Waals surface area contributed by atoms with E-state index in [1.54, 1.807) is 0 Å². The smallest absolute Gasteiger partial charge is 0.355 e. The molecule has 0 saturated heterocycles. The van der Waals surface area contributed by atoms with Crippen molar-refractivity contribution in [2.45, 2.75) is 69.3 Å². The van der Waals surface area contributed by atoms with Gasteiger partial charge in [-0.2, -0.15) is 0 Å². The highest BCUT2D eigenvalue weighted by Gasteiger charge is 2.02. The van der Waals surface area contributed by atoms with Crippen LogP contribution in [0.2, 0.25) is 4.05 Å². The molecule has 0 rings (SSSR count). The quantitative estimate of drug-likeness (QED) is 0.255. The molecule has 0 amide bonds. The van der Waals surface area contributed by atoms with Crippen LogP contribution in [-0.4, -0.2) is 38.2 Å². The number of hydrogen-bond acceptors (Lipinski definition) is 2. The second-order valence-electron chi connectivity index (χ2n) is 5.10. The van der Waals surface area contributed by atoms with E-state index >= 15 is 0 Å². The normalized spacial score (nSPS) is 12.4. The Bertz CT molecular complexity index is 159. The highest BCUT2D eigenvalue weighted by atomic mass is 79.9. The van der Waals surface area contributed by atoms with E-state index in [9.17, 15) is 0 Å². The summed E-state index contributed by atoms with van der Waals surface area (Å²) >= 11 is 3.63. The average molecular weight is 334 g/mol. The van der Waals surface area contributed by atoms with Crippen LogP contribution in [0.3, 0.4) is 0 Å². The van der Waals surface area contributed by atoms with Crippen molar-refractivity contribution in [3.8, 4) is 0 Å². The molecule has 0 aromatic heterocycles. The van der Waals surface area contributed by atoms with Crippen molar-refractivity contribution in [2.24, 2.45) is 0 Å². The van der Waals surface area contributed by atoms with Gasteiger partial charge in [-0.3, -0.25) is 0 Å². The Hall–Kier alpha value is 1.17. The third-order valence-corrected chi connectivity index (χ3v) is 7.31. The minimum atomic E-state index is 0.00404. The fourth-order valence-electron chi connectivity index (χ4n) is 1.77. The molecule has 106 valence electrons. The van der Waals surface area contributed by atoms with Crippen LogP contribution in [0.25, 0.3) is 0 Å². The first-order valence-electron chi connectivity index (χ1n) is 7.52. The predicted octanol–water partition coefficient (Wildman–Crippen LogP) is 4.94. The van der Waals surface area contributed by atoms with Crippen molar-refractivity contribution in [1.29, 1.82) is 0 Å². The van der Waals surface area contributed by atoms with Gasteiger partial charge in [-0.15, -0.1) is 4.05 Å². The highest BCUT2D eigenvalue weighted by Crippen LogP contribution is 2.12. The summed E-state index contributed by atoms with van der Waals surface area (Å²) in [7, 11) is 0. The number of ether oxygens (including phenoxy) is 2. The first-order chi connectivity index (χ1) is 8.81. The summed E-state index contributed by atoms with van der Waals surface area (Å²) in [6.07, 6.45) is 10.4. The van der Waals surface area contributed by atoms with Crippen molar-refractivity contribution < 1.29 is 9.47 Å². The van der Waals surface area contributed by atoms with Crippen molar-refractivity contribution in [3.05, 3.63) is 0 Å². The van der Waals surface area contributed by atoms with E-state index in [1.807, 2.05) is 0 Å². The lowest BCUT2D eigenvalue weighted by molar-refractivity contribution is -0.0555. The molecule has 2 nitrogen and oxygen atoms in total. The molecule has 0 aliphatic heterocycles. The maximum absolute atomic E-state index is 5.45. The number of unbranched alkanes of at least 4 members (excludes halogenated alkanes) is 5. The van der Waals surface area contributed by atoms with Crippen LogP contribution in [0, 0.1) is 0 Å². The zero-order valence-corrected chi connectivity index (χ0v) is 15.3. The van der Waals surface area contributed by atoms with Crippen molar-refractivity contribution in [2.75, 3.05) is 20.0 Å². The van der Waals surface area contributed by atoms with Crippen LogP contribution in [0.1, 0.15) is 65.2 Å². The monoisotopic (exact) mass is 332 g/mol. The maximum Gasteiger partial charge on any atom is 0.471 e. The number of rotatable bonds is 14. The van der Waals surface area contributed by atoms with Crippen molar-refractivity contribution in [1.82, 2.24) is 0 Å². The fourth-order valence-corrected chi connectivity index (χ4v) is 3.19. The molecule has 0 N–H and O–H groups in total. The Kier molecular flexibility index (Phi) is 17.3. The van der Waals surface area contributed by atoms with Gasteiger partial charge in [0.1, 0.15) is 6.79 Å². The summed E-state index contributed by atoms with van der Waals surface area (Å²) in [6.45, 7) is 6.76. The van der Waals surface area contributed by atoms with Gasteiger partial charge in [0.05, 0.1) is 0 Å². The van der Waals surface area contributed by atoms with E-state index < -0.39 is 0 Å². The SMILES string of the molecule is CCCCCCCCOCOCCC[CH](C)[Mg][Br]. The molecular weight excluding hydrogens is 304 g/mol. The zero-order valence-electron chi connectivity index (χ0n) is 12.3. The van der Waals surface area contributed by atoms with Gasteiger partial charge in [0.15, 0.2) is 0 Å². The summed E-state index contributed by atoms with van der Waals surface area (Å²) in [4.78, 5) is 0. The molecule has 0 spiro atoms. The van der Waals surface area contributed by atoms with E-state index in [1.165, 1.54) is 51.4 Å². The predicted molar refractivity (Wildman–Crippen MR) is 83.5 cm³/mol. The largest absolute Gasteiger partial charge is 0.471 e. The minimum absolute atomic E-state index is 0.00404. The molecule has 18 heavy (non-hydrogen) atoms. The van der Waals surface area contributed by atoms with Crippen LogP contribution in [0.4, 0.5) is 0 Å². The minimum Gasteiger partial charge on any atom is -0.355 e. The first-order valence-corrected chi connectivity index (χ1v) is 12.2. The van der Waals surface area contributed by atoms with Crippen molar-refractivity contribution in [3.63, 3.8) is 0 Å². The van der Waals surface area contributed by atoms with Gasteiger partial charge in [0.2, 0.25) is 0 Å². The Morgan fingerprint density at radius 1 is 0.944 bits per heavy atom. The van der Waals surface area contributed by atoms with Crippen LogP contribution in [-0.2, 0) is 9.47 Å². The van der Waals surface area contributed by atoms with Gasteiger partial charge in [0, 0.05) is 13.2 Å². The lowest BCUT2D eigenvalue weighted by atomic mass is 10.1. The Morgan fingerprint density at radius 2 is 1.56 bits per heavy atom. The fraction of sp³-hybridized carbons (Fsp3) is 1.00. The third kappa shape index (κ3) is 15.2. The van der Waals surface area contributed by atoms with E-state index in [2.05, 4.69) is 26.7 Å². The van der Waals surface area contributed by atoms with Crippen LogP contribution in [0.5, 0.6) is 0 Å². The summed E-state index contributed by atoms with van der Waals surface area (Å²) in [6, 6.07) is 0. The highest BCUT2D eigenvalue weighted by molar-refractivity contribution is 9.23. The van der Waals surface area contributed by atoms with E-state index in [0.29, 0.717) is 6.79 Å². The standard InChI is InChI=1S/C14H29O2.BrH.Mg/c1-3-5-7-8-9-11-13-16-14-15-12-10-6-4-2;;/h4H,3,5-14H2,1-2H3;1H;/q;;+1/p-1. The van der Waals surface area contributed by atoms with Gasteiger partial charge in [-0.05, 0) is 12.8 Å². The molecule has 1 unspecified atom stereocenters. The molecule has 0 aromatic carbocycles. The zero-order chi connectivity index (χ0) is 13.5. The van der Waals surface area contributed by atoms with Gasteiger partial charge in [0.25, 0.3) is 0 Å². The average Bonchev–Trinajstić information content (AvgIpc) is 2.39. The summed E-state index contributed by atoms with van der Waals surface area (Å²) in [5.74, 6) is 0. The lowest BCUT2D eigenvalue weighted by Gasteiger charge is -2.08. The van der Waals surface area contributed by atoms with Crippen LogP contribution < -0.4 is 0 Å². The van der Waals surface area contributed by atoms with Crippen LogP contribution in [0.15, 0.2) is 0 Å². The molecule has 0 aromatic rings. The lowest BCUT2D eigenvalue weighted by Crippen LogP contribution is -2.04. The number of hydrogen-bond donors (Lipinski definition) is 0. The molecule has 0 heterocycles. The summed E-state index contributed by atoms with van der Waals surface area (Å²) in [5, 5.41) is 0. The van der Waals surface area contributed by atoms with Gasteiger partial charge < -0.3 is 22.4 Å². The van der Waals surface area contributed by atoms with Gasteiger partial charge >= 0.3 is 18.2 Å². The molecule has 0 saturated carbocycles. The summed E-state index contributed by atoms with van der Waals surface area (Å²) < 4.78 is 11.8. The molecule has 0 radical (unpaired) electrons. The van der Waals surface area contributed by atoms with E-state index in [-0.39, 0.29) is 18.2 Å². The second-order valence-corrected chi connectivity index (χ2v) is 8.75. The maximum atomic E-state index is 5.45. The molecule has 0 bridgehead atoms. The topological polar surface area (TPSA) is 18.5 Å². The third-order valence-electron chi connectivity index (χ3n) is 3.06. The Morgan fingerprint density at radius 3 is 2.22 bits per heavy atom. The van der Waals surface area contributed by atoms with Gasteiger partial charge in [-0.1, -0.05) is 52.4 Å². The van der Waals surface area contributed by atoms with E-state index in [0.717, 1.165) is 17.3 Å². The first kappa shape index (κ1) is 19.2.